The molecule has 2 rings (SSSR count). The molecule has 0 heterocycles. The molecule has 0 aliphatic heterocycles. The summed E-state index contributed by atoms with van der Waals surface area (Å²) in [4.78, 5) is 46.0. The molecule has 10 nitrogen and oxygen atoms in total. The Morgan fingerprint density at radius 2 is 1.78 bits per heavy atom. The maximum absolute atomic E-state index is 12.2. The van der Waals surface area contributed by atoms with Crippen LogP contribution in [0.2, 0.25) is 0 Å². The van der Waals surface area contributed by atoms with Crippen molar-refractivity contribution in [2.24, 2.45) is 0 Å². The molecule has 0 aromatic heterocycles. The van der Waals surface area contributed by atoms with Crippen LogP contribution >= 0.6 is 0 Å². The number of nitriles is 1. The second-order valence-corrected chi connectivity index (χ2v) is 7.82. The van der Waals surface area contributed by atoms with Crippen LogP contribution in [0.5, 0.6) is 0 Å². The first-order valence-electron chi connectivity index (χ1n) is 9.54. The molecule has 166 valence electrons. The highest BCUT2D eigenvalue weighted by Crippen LogP contribution is 2.22. The predicted molar refractivity (Wildman–Crippen MR) is 115 cm³/mol. The molecular weight excluding hydrogens is 416 g/mol. The number of esters is 1. The lowest BCUT2D eigenvalue weighted by Crippen LogP contribution is -2.32. The number of amides is 2. The maximum atomic E-state index is 12.2. The van der Waals surface area contributed by atoms with Gasteiger partial charge in [0, 0.05) is 17.7 Å². The van der Waals surface area contributed by atoms with Gasteiger partial charge in [-0.15, -0.1) is 0 Å². The van der Waals surface area contributed by atoms with Crippen molar-refractivity contribution in [2.75, 3.05) is 18.5 Å². The number of hydrogen-bond donors (Lipinski definition) is 2. The van der Waals surface area contributed by atoms with Gasteiger partial charge >= 0.3 is 5.97 Å². The number of non-ortho nitro benzene ring substituents is 1. The number of anilines is 1. The summed E-state index contributed by atoms with van der Waals surface area (Å²) >= 11 is 0. The van der Waals surface area contributed by atoms with Crippen molar-refractivity contribution in [3.8, 4) is 6.07 Å². The zero-order chi connectivity index (χ0) is 23.9. The van der Waals surface area contributed by atoms with E-state index in [4.69, 9.17) is 10.00 Å². The van der Waals surface area contributed by atoms with E-state index in [-0.39, 0.29) is 22.4 Å². The highest BCUT2D eigenvalue weighted by molar-refractivity contribution is 5.97. The van der Waals surface area contributed by atoms with Crippen LogP contribution in [-0.4, -0.2) is 35.9 Å². The van der Waals surface area contributed by atoms with Crippen LogP contribution in [0.4, 0.5) is 11.4 Å². The molecule has 0 fully saturated rings. The maximum Gasteiger partial charge on any atom is 0.325 e. The quantitative estimate of drug-likeness (QED) is 0.383. The van der Waals surface area contributed by atoms with Gasteiger partial charge in [0.2, 0.25) is 0 Å². The lowest BCUT2D eigenvalue weighted by Gasteiger charge is -2.19. The summed E-state index contributed by atoms with van der Waals surface area (Å²) in [6.07, 6.45) is 0. The van der Waals surface area contributed by atoms with E-state index in [1.54, 1.807) is 18.2 Å². The van der Waals surface area contributed by atoms with Crippen molar-refractivity contribution in [3.63, 3.8) is 0 Å². The Morgan fingerprint density at radius 3 is 2.34 bits per heavy atom. The molecule has 0 aliphatic carbocycles. The Bertz CT molecular complexity index is 1080. The summed E-state index contributed by atoms with van der Waals surface area (Å²) in [5.74, 6) is -2.03. The van der Waals surface area contributed by atoms with E-state index in [2.05, 4.69) is 31.4 Å². The molecule has 0 bridgehead atoms. The standard InChI is InChI=1S/C22H22N4O6/c1-22(2,3)16-6-4-14(5-7-16)21(29)24-12-20(28)32-13-19(27)25-18-9-8-17(26(30)31)10-15(18)11-23/h4-10H,12-13H2,1-3H3,(H,24,29)(H,25,27). The summed E-state index contributed by atoms with van der Waals surface area (Å²) in [5, 5.41) is 24.6. The molecular formula is C22H22N4O6. The number of benzene rings is 2. The van der Waals surface area contributed by atoms with Crippen LogP contribution in [0, 0.1) is 21.4 Å². The SMILES string of the molecule is CC(C)(C)c1ccc(C(=O)NCC(=O)OCC(=O)Nc2ccc([N+](=O)[O-])cc2C#N)cc1. The number of nitrogens with one attached hydrogen (secondary N) is 2. The minimum atomic E-state index is -0.830. The van der Waals surface area contributed by atoms with Gasteiger partial charge in [0.25, 0.3) is 17.5 Å². The van der Waals surface area contributed by atoms with Gasteiger partial charge in [-0.3, -0.25) is 24.5 Å². The monoisotopic (exact) mass is 438 g/mol. The molecule has 0 radical (unpaired) electrons. The van der Waals surface area contributed by atoms with Crippen molar-refractivity contribution in [1.82, 2.24) is 5.32 Å². The van der Waals surface area contributed by atoms with Gasteiger partial charge in [0.05, 0.1) is 16.2 Å². The topological polar surface area (TPSA) is 151 Å². The molecule has 0 saturated carbocycles. The third-order valence-electron chi connectivity index (χ3n) is 4.38. The number of ether oxygens (including phenoxy) is 1. The molecule has 10 heteroatoms. The number of rotatable bonds is 7. The van der Waals surface area contributed by atoms with Gasteiger partial charge in [-0.2, -0.15) is 5.26 Å². The van der Waals surface area contributed by atoms with Crippen molar-refractivity contribution in [2.45, 2.75) is 26.2 Å². The molecule has 2 aromatic rings. The molecule has 0 unspecified atom stereocenters. The van der Waals surface area contributed by atoms with Gasteiger partial charge < -0.3 is 15.4 Å². The highest BCUT2D eigenvalue weighted by atomic mass is 16.6. The molecule has 2 N–H and O–H groups in total. The first kappa shape index (κ1) is 24.0. The number of nitro benzene ring substituents is 1. The summed E-state index contributed by atoms with van der Waals surface area (Å²) in [7, 11) is 0. The summed E-state index contributed by atoms with van der Waals surface area (Å²) < 4.78 is 4.80. The summed E-state index contributed by atoms with van der Waals surface area (Å²) in [6, 6.07) is 12.1. The number of nitro groups is 1. The van der Waals surface area contributed by atoms with Crippen molar-refractivity contribution >= 4 is 29.2 Å². The molecule has 0 saturated heterocycles. The predicted octanol–water partition coefficient (Wildman–Crippen LogP) is 2.68. The van der Waals surface area contributed by atoms with Crippen LogP contribution < -0.4 is 10.6 Å². The van der Waals surface area contributed by atoms with Gasteiger partial charge in [0.15, 0.2) is 6.61 Å². The lowest BCUT2D eigenvalue weighted by molar-refractivity contribution is -0.384. The fraction of sp³-hybridized carbons (Fsp3) is 0.273. The Hall–Kier alpha value is -4.26. The second-order valence-electron chi connectivity index (χ2n) is 7.82. The van der Waals surface area contributed by atoms with Crippen molar-refractivity contribution in [3.05, 3.63) is 69.3 Å². The number of nitrogens with zero attached hydrogens (tertiary/aromatic N) is 2. The van der Waals surface area contributed by atoms with E-state index in [1.165, 1.54) is 6.07 Å². The fourth-order valence-electron chi connectivity index (χ4n) is 2.61. The van der Waals surface area contributed by atoms with Gasteiger partial charge in [0.1, 0.15) is 12.6 Å². The minimum absolute atomic E-state index is 0.0474. The molecule has 2 aromatic carbocycles. The van der Waals surface area contributed by atoms with E-state index >= 15 is 0 Å². The van der Waals surface area contributed by atoms with Crippen LogP contribution in [0.3, 0.4) is 0 Å². The fourth-order valence-corrected chi connectivity index (χ4v) is 2.61. The third kappa shape index (κ3) is 6.63. The molecule has 0 spiro atoms. The van der Waals surface area contributed by atoms with Crippen molar-refractivity contribution in [1.29, 1.82) is 5.26 Å². The molecule has 2 amide bonds. The number of carbonyl (C=O) groups excluding carboxylic acids is 3. The smallest absolute Gasteiger partial charge is 0.325 e. The Morgan fingerprint density at radius 1 is 1.12 bits per heavy atom. The minimum Gasteiger partial charge on any atom is -0.454 e. The molecule has 0 atom stereocenters. The number of carbonyl (C=O) groups is 3. The van der Waals surface area contributed by atoms with Crippen LogP contribution in [0.1, 0.15) is 42.3 Å². The Kier molecular flexibility index (Phi) is 7.63. The van der Waals surface area contributed by atoms with E-state index in [0.717, 1.165) is 17.7 Å². The van der Waals surface area contributed by atoms with Gasteiger partial charge in [-0.05, 0) is 29.2 Å². The second kappa shape index (κ2) is 10.2. The third-order valence-corrected chi connectivity index (χ3v) is 4.38. The summed E-state index contributed by atoms with van der Waals surface area (Å²) in [6.45, 7) is 5.07. The lowest BCUT2D eigenvalue weighted by atomic mass is 9.87. The zero-order valence-electron chi connectivity index (χ0n) is 17.8. The van der Waals surface area contributed by atoms with Crippen LogP contribution in [0.15, 0.2) is 42.5 Å². The normalized spacial score (nSPS) is 10.6. The van der Waals surface area contributed by atoms with Crippen LogP contribution in [-0.2, 0) is 19.7 Å². The van der Waals surface area contributed by atoms with E-state index < -0.39 is 35.9 Å². The van der Waals surface area contributed by atoms with Gasteiger partial charge in [-0.25, -0.2) is 0 Å². The largest absolute Gasteiger partial charge is 0.454 e. The number of hydrogen-bond acceptors (Lipinski definition) is 7. The van der Waals surface area contributed by atoms with Crippen LogP contribution in [0.25, 0.3) is 0 Å². The van der Waals surface area contributed by atoms with E-state index in [9.17, 15) is 24.5 Å². The average molecular weight is 438 g/mol. The van der Waals surface area contributed by atoms with Gasteiger partial charge in [-0.1, -0.05) is 32.9 Å². The molecule has 0 aliphatic rings. The highest BCUT2D eigenvalue weighted by Gasteiger charge is 2.16. The summed E-state index contributed by atoms with van der Waals surface area (Å²) in [5.41, 5.74) is 1.03. The zero-order valence-corrected chi connectivity index (χ0v) is 17.8. The van der Waals surface area contributed by atoms with E-state index in [0.29, 0.717) is 5.56 Å². The average Bonchev–Trinajstić information content (AvgIpc) is 2.75. The first-order chi connectivity index (χ1) is 15.0. The van der Waals surface area contributed by atoms with E-state index in [1.807, 2.05) is 12.1 Å². The Labute approximate surface area is 184 Å². The first-order valence-corrected chi connectivity index (χ1v) is 9.54. The Balaban J connectivity index is 1.83. The molecule has 32 heavy (non-hydrogen) atoms. The van der Waals surface area contributed by atoms with Crippen molar-refractivity contribution < 1.29 is 24.0 Å².